The summed E-state index contributed by atoms with van der Waals surface area (Å²) in [5.74, 6) is 2.05. The molecule has 168 valence electrons. The molecule has 0 bridgehead atoms. The molecule has 4 rings (SSSR count). The maximum Gasteiger partial charge on any atom is 0.231 e. The molecule has 2 aromatic rings. The lowest BCUT2D eigenvalue weighted by molar-refractivity contribution is 0.122. The number of anilines is 1. The van der Waals surface area contributed by atoms with Crippen LogP contribution < -0.4 is 25.0 Å². The summed E-state index contributed by atoms with van der Waals surface area (Å²) in [4.78, 5) is 6.26. The van der Waals surface area contributed by atoms with Gasteiger partial charge in [0.05, 0.1) is 18.9 Å². The van der Waals surface area contributed by atoms with Crippen molar-refractivity contribution in [3.63, 3.8) is 0 Å². The molecule has 0 unspecified atom stereocenters. The van der Waals surface area contributed by atoms with Crippen LogP contribution in [0, 0.1) is 5.82 Å². The Kier molecular flexibility index (Phi) is 8.59. The lowest BCUT2D eigenvalue weighted by Gasteiger charge is -2.29. The third kappa shape index (κ3) is 6.13. The maximum absolute atomic E-state index is 14.6. The van der Waals surface area contributed by atoms with Gasteiger partial charge in [-0.2, -0.15) is 0 Å². The highest BCUT2D eigenvalue weighted by molar-refractivity contribution is 14.0. The molecule has 0 amide bonds. The van der Waals surface area contributed by atoms with E-state index in [1.54, 1.807) is 13.1 Å². The normalized spacial score (nSPS) is 15.4. The molecule has 31 heavy (non-hydrogen) atoms. The molecule has 2 heterocycles. The largest absolute Gasteiger partial charge is 0.454 e. The van der Waals surface area contributed by atoms with Gasteiger partial charge in [0, 0.05) is 33.2 Å². The third-order valence-electron chi connectivity index (χ3n) is 5.19. The topological polar surface area (TPSA) is 67.4 Å². The van der Waals surface area contributed by atoms with Crippen LogP contribution in [-0.4, -0.2) is 52.6 Å². The number of aliphatic imine (C=N–C) groups is 1. The Labute approximate surface area is 199 Å². The number of fused-ring (bicyclic) bond motifs is 1. The lowest BCUT2D eigenvalue weighted by atomic mass is 10.1. The average Bonchev–Trinajstić information content (AvgIpc) is 3.25. The Morgan fingerprint density at radius 3 is 2.58 bits per heavy atom. The molecule has 2 aromatic carbocycles. The van der Waals surface area contributed by atoms with Gasteiger partial charge < -0.3 is 29.7 Å². The minimum absolute atomic E-state index is 0. The van der Waals surface area contributed by atoms with E-state index in [0.29, 0.717) is 51.0 Å². The van der Waals surface area contributed by atoms with E-state index in [1.807, 2.05) is 35.2 Å². The first-order chi connectivity index (χ1) is 14.7. The van der Waals surface area contributed by atoms with Crippen LogP contribution >= 0.6 is 24.0 Å². The van der Waals surface area contributed by atoms with E-state index < -0.39 is 0 Å². The summed E-state index contributed by atoms with van der Waals surface area (Å²) in [6.45, 7) is 4.19. The quantitative estimate of drug-likeness (QED) is 0.333. The number of morpholine rings is 1. The number of ether oxygens (including phenoxy) is 3. The molecule has 0 radical (unpaired) electrons. The summed E-state index contributed by atoms with van der Waals surface area (Å²) >= 11 is 0. The second-order valence-corrected chi connectivity index (χ2v) is 7.18. The predicted octanol–water partition coefficient (Wildman–Crippen LogP) is 2.92. The molecule has 1 saturated heterocycles. The van der Waals surface area contributed by atoms with Gasteiger partial charge in [-0.25, -0.2) is 4.39 Å². The van der Waals surface area contributed by atoms with E-state index in [-0.39, 0.29) is 36.6 Å². The summed E-state index contributed by atoms with van der Waals surface area (Å²) < 4.78 is 30.6. The van der Waals surface area contributed by atoms with E-state index in [2.05, 4.69) is 15.6 Å². The zero-order valence-electron chi connectivity index (χ0n) is 17.5. The van der Waals surface area contributed by atoms with Crippen LogP contribution in [-0.2, 0) is 17.7 Å². The van der Waals surface area contributed by atoms with E-state index in [1.165, 1.54) is 0 Å². The summed E-state index contributed by atoms with van der Waals surface area (Å²) in [5.41, 5.74) is 2.65. The summed E-state index contributed by atoms with van der Waals surface area (Å²) in [5, 5.41) is 6.52. The molecule has 7 nitrogen and oxygen atoms in total. The highest BCUT2D eigenvalue weighted by Gasteiger charge is 2.15. The van der Waals surface area contributed by atoms with Crippen molar-refractivity contribution in [2.75, 3.05) is 51.6 Å². The summed E-state index contributed by atoms with van der Waals surface area (Å²) in [6, 6.07) is 11.3. The van der Waals surface area contributed by atoms with Gasteiger partial charge in [0.1, 0.15) is 5.82 Å². The van der Waals surface area contributed by atoms with Crippen LogP contribution in [0.2, 0.25) is 0 Å². The Morgan fingerprint density at radius 1 is 1.03 bits per heavy atom. The Balaban J connectivity index is 0.00000272. The SMILES string of the molecule is CN=C(NCCc1ccc2c(c1)OCO2)NCc1ccc(N2CCOCC2)c(F)c1.I. The molecule has 2 aliphatic rings. The van der Waals surface area contributed by atoms with Crippen molar-refractivity contribution < 1.29 is 18.6 Å². The standard InChI is InChI=1S/C22H27FN4O3.HI/c1-24-22(25-7-6-16-3-5-20-21(13-16)30-15-29-20)26-14-17-2-4-19(18(23)12-17)27-8-10-28-11-9-27;/h2-5,12-13H,6-11,14-15H2,1H3,(H2,24,25,26);1H. The average molecular weight is 542 g/mol. The summed E-state index contributed by atoms with van der Waals surface area (Å²) in [7, 11) is 1.72. The third-order valence-corrected chi connectivity index (χ3v) is 5.19. The fourth-order valence-electron chi connectivity index (χ4n) is 3.55. The molecule has 2 aliphatic heterocycles. The van der Waals surface area contributed by atoms with E-state index in [4.69, 9.17) is 14.2 Å². The lowest BCUT2D eigenvalue weighted by Crippen LogP contribution is -2.38. The molecular weight excluding hydrogens is 514 g/mol. The summed E-state index contributed by atoms with van der Waals surface area (Å²) in [6.07, 6.45) is 0.820. The van der Waals surface area contributed by atoms with Crippen molar-refractivity contribution in [1.29, 1.82) is 0 Å². The highest BCUT2D eigenvalue weighted by Crippen LogP contribution is 2.32. The highest BCUT2D eigenvalue weighted by atomic mass is 127. The smallest absolute Gasteiger partial charge is 0.231 e. The molecule has 9 heteroatoms. The number of benzene rings is 2. The van der Waals surface area contributed by atoms with E-state index >= 15 is 0 Å². The zero-order valence-corrected chi connectivity index (χ0v) is 19.9. The molecule has 1 fully saturated rings. The molecule has 0 spiro atoms. The van der Waals surface area contributed by atoms with Crippen molar-refractivity contribution in [2.45, 2.75) is 13.0 Å². The van der Waals surface area contributed by atoms with Gasteiger partial charge >= 0.3 is 0 Å². The fraction of sp³-hybridized carbons (Fsp3) is 0.409. The Bertz CT molecular complexity index is 906. The van der Waals surface area contributed by atoms with Gasteiger partial charge in [-0.05, 0) is 41.8 Å². The second kappa shape index (κ2) is 11.4. The van der Waals surface area contributed by atoms with Gasteiger partial charge in [0.15, 0.2) is 17.5 Å². The number of nitrogens with one attached hydrogen (secondary N) is 2. The number of rotatable bonds is 6. The number of hydrogen-bond donors (Lipinski definition) is 2. The van der Waals surface area contributed by atoms with Crippen LogP contribution in [0.4, 0.5) is 10.1 Å². The first-order valence-electron chi connectivity index (χ1n) is 10.2. The van der Waals surface area contributed by atoms with Crippen molar-refractivity contribution in [3.05, 3.63) is 53.3 Å². The van der Waals surface area contributed by atoms with Gasteiger partial charge in [0.25, 0.3) is 0 Å². The number of nitrogens with zero attached hydrogens (tertiary/aromatic N) is 2. The van der Waals surface area contributed by atoms with Crippen LogP contribution in [0.3, 0.4) is 0 Å². The minimum Gasteiger partial charge on any atom is -0.454 e. The number of hydrogen-bond acceptors (Lipinski definition) is 5. The van der Waals surface area contributed by atoms with Crippen LogP contribution in [0.5, 0.6) is 11.5 Å². The van der Waals surface area contributed by atoms with Crippen molar-refractivity contribution in [1.82, 2.24) is 10.6 Å². The van der Waals surface area contributed by atoms with Crippen LogP contribution in [0.25, 0.3) is 0 Å². The first kappa shape index (κ1) is 23.4. The fourth-order valence-corrected chi connectivity index (χ4v) is 3.55. The number of guanidine groups is 1. The molecule has 0 aliphatic carbocycles. The Morgan fingerprint density at radius 2 is 1.81 bits per heavy atom. The molecular formula is C22H28FIN4O3. The zero-order chi connectivity index (χ0) is 20.8. The molecule has 0 saturated carbocycles. The predicted molar refractivity (Wildman–Crippen MR) is 129 cm³/mol. The van der Waals surface area contributed by atoms with Crippen LogP contribution in [0.1, 0.15) is 11.1 Å². The minimum atomic E-state index is -0.207. The van der Waals surface area contributed by atoms with Crippen molar-refractivity contribution in [2.24, 2.45) is 4.99 Å². The molecule has 0 aromatic heterocycles. The van der Waals surface area contributed by atoms with Crippen molar-refractivity contribution >= 4 is 35.6 Å². The van der Waals surface area contributed by atoms with Gasteiger partial charge in [-0.3, -0.25) is 4.99 Å². The molecule has 2 N–H and O–H groups in total. The Hall–Kier alpha value is -2.27. The second-order valence-electron chi connectivity index (χ2n) is 7.18. The van der Waals surface area contributed by atoms with Gasteiger partial charge in [-0.15, -0.1) is 24.0 Å². The molecule has 0 atom stereocenters. The van der Waals surface area contributed by atoms with Gasteiger partial charge in [-0.1, -0.05) is 12.1 Å². The van der Waals surface area contributed by atoms with E-state index in [9.17, 15) is 4.39 Å². The van der Waals surface area contributed by atoms with Crippen molar-refractivity contribution in [3.8, 4) is 11.5 Å². The number of halogens is 2. The monoisotopic (exact) mass is 542 g/mol. The van der Waals surface area contributed by atoms with Gasteiger partial charge in [0.2, 0.25) is 6.79 Å². The van der Waals surface area contributed by atoms with Crippen LogP contribution in [0.15, 0.2) is 41.4 Å². The van der Waals surface area contributed by atoms with E-state index in [0.717, 1.165) is 29.0 Å². The first-order valence-corrected chi connectivity index (χ1v) is 10.2. The maximum atomic E-state index is 14.6.